The SMILES string of the molecule is Cc1cccc(C(=O)NCC(=O)c2cccc(Cl)c2)c1. The van der Waals surface area contributed by atoms with E-state index in [1.165, 1.54) is 0 Å². The van der Waals surface area contributed by atoms with E-state index in [0.717, 1.165) is 5.56 Å². The normalized spacial score (nSPS) is 10.1. The van der Waals surface area contributed by atoms with E-state index in [1.54, 1.807) is 36.4 Å². The molecule has 1 N–H and O–H groups in total. The third kappa shape index (κ3) is 3.68. The Hall–Kier alpha value is -2.13. The second-order valence-corrected chi connectivity index (χ2v) is 4.92. The first-order valence-corrected chi connectivity index (χ1v) is 6.58. The molecule has 3 nitrogen and oxygen atoms in total. The van der Waals surface area contributed by atoms with Crippen LogP contribution in [-0.4, -0.2) is 18.2 Å². The van der Waals surface area contributed by atoms with Crippen LogP contribution in [-0.2, 0) is 0 Å². The molecule has 0 bridgehead atoms. The molecule has 0 unspecified atom stereocenters. The lowest BCUT2D eigenvalue weighted by Gasteiger charge is -2.05. The highest BCUT2D eigenvalue weighted by atomic mass is 35.5. The third-order valence-electron chi connectivity index (χ3n) is 2.84. The number of Topliss-reactive ketones (excluding diaryl/α,β-unsaturated/α-hetero) is 1. The summed E-state index contributed by atoms with van der Waals surface area (Å²) >= 11 is 5.83. The Morgan fingerprint density at radius 3 is 2.45 bits per heavy atom. The van der Waals surface area contributed by atoms with E-state index < -0.39 is 0 Å². The van der Waals surface area contributed by atoms with Crippen molar-refractivity contribution in [3.8, 4) is 0 Å². The van der Waals surface area contributed by atoms with Crippen LogP contribution < -0.4 is 5.32 Å². The first-order chi connectivity index (χ1) is 9.56. The first kappa shape index (κ1) is 14.3. The van der Waals surface area contributed by atoms with Crippen LogP contribution in [0.3, 0.4) is 0 Å². The zero-order valence-corrected chi connectivity index (χ0v) is 11.8. The van der Waals surface area contributed by atoms with Crippen LogP contribution in [0.15, 0.2) is 48.5 Å². The van der Waals surface area contributed by atoms with Crippen molar-refractivity contribution in [2.75, 3.05) is 6.54 Å². The van der Waals surface area contributed by atoms with Gasteiger partial charge in [-0.1, -0.05) is 41.4 Å². The predicted octanol–water partition coefficient (Wildman–Crippen LogP) is 3.26. The van der Waals surface area contributed by atoms with Crippen LogP contribution in [0, 0.1) is 6.92 Å². The molecular weight excluding hydrogens is 274 g/mol. The minimum absolute atomic E-state index is 0.0485. The summed E-state index contributed by atoms with van der Waals surface area (Å²) in [6, 6.07) is 13.9. The standard InChI is InChI=1S/C16H14ClNO2/c1-11-4-2-6-13(8-11)16(20)18-10-15(19)12-5-3-7-14(17)9-12/h2-9H,10H2,1H3,(H,18,20). The number of hydrogen-bond donors (Lipinski definition) is 1. The molecule has 2 aromatic carbocycles. The van der Waals surface area contributed by atoms with Gasteiger partial charge in [0.05, 0.1) is 6.54 Å². The van der Waals surface area contributed by atoms with Gasteiger partial charge in [0.25, 0.3) is 5.91 Å². The fourth-order valence-corrected chi connectivity index (χ4v) is 2.00. The molecule has 1 amide bonds. The van der Waals surface area contributed by atoms with Crippen molar-refractivity contribution < 1.29 is 9.59 Å². The van der Waals surface area contributed by atoms with E-state index in [2.05, 4.69) is 5.32 Å². The lowest BCUT2D eigenvalue weighted by molar-refractivity contribution is 0.0904. The van der Waals surface area contributed by atoms with Crippen molar-refractivity contribution in [3.63, 3.8) is 0 Å². The van der Waals surface area contributed by atoms with Crippen LogP contribution in [0.1, 0.15) is 26.3 Å². The number of benzene rings is 2. The van der Waals surface area contributed by atoms with Crippen LogP contribution in [0.2, 0.25) is 5.02 Å². The number of carbonyl (C=O) groups excluding carboxylic acids is 2. The molecule has 0 aromatic heterocycles. The molecule has 0 aliphatic rings. The van der Waals surface area contributed by atoms with Gasteiger partial charge in [-0.15, -0.1) is 0 Å². The Kier molecular flexibility index (Phi) is 4.53. The number of ketones is 1. The number of amides is 1. The average molecular weight is 288 g/mol. The van der Waals surface area contributed by atoms with Crippen molar-refractivity contribution in [1.29, 1.82) is 0 Å². The maximum atomic E-state index is 11.9. The molecule has 4 heteroatoms. The molecule has 0 spiro atoms. The molecule has 0 saturated carbocycles. The summed E-state index contributed by atoms with van der Waals surface area (Å²) in [5.74, 6) is -0.433. The van der Waals surface area contributed by atoms with E-state index in [9.17, 15) is 9.59 Å². The molecule has 102 valence electrons. The number of halogens is 1. The number of carbonyl (C=O) groups is 2. The van der Waals surface area contributed by atoms with Gasteiger partial charge < -0.3 is 5.32 Å². The highest BCUT2D eigenvalue weighted by Crippen LogP contribution is 2.11. The predicted molar refractivity (Wildman–Crippen MR) is 79.3 cm³/mol. The lowest BCUT2D eigenvalue weighted by Crippen LogP contribution is -2.29. The van der Waals surface area contributed by atoms with Crippen molar-refractivity contribution >= 4 is 23.3 Å². The van der Waals surface area contributed by atoms with Crippen molar-refractivity contribution in [2.24, 2.45) is 0 Å². The summed E-state index contributed by atoms with van der Waals surface area (Å²) in [6.45, 7) is 1.86. The second-order valence-electron chi connectivity index (χ2n) is 4.49. The van der Waals surface area contributed by atoms with E-state index >= 15 is 0 Å². The number of nitrogens with one attached hydrogen (secondary N) is 1. The van der Waals surface area contributed by atoms with Crippen molar-refractivity contribution in [1.82, 2.24) is 5.32 Å². The van der Waals surface area contributed by atoms with Gasteiger partial charge in [-0.05, 0) is 31.2 Å². The van der Waals surface area contributed by atoms with Crippen LogP contribution in [0.4, 0.5) is 0 Å². The Morgan fingerprint density at radius 1 is 1.05 bits per heavy atom. The minimum atomic E-state index is -0.260. The summed E-state index contributed by atoms with van der Waals surface area (Å²) in [5.41, 5.74) is 2.03. The van der Waals surface area contributed by atoms with Gasteiger partial charge in [0, 0.05) is 16.1 Å². The lowest BCUT2D eigenvalue weighted by atomic mass is 10.1. The monoisotopic (exact) mass is 287 g/mol. The fourth-order valence-electron chi connectivity index (χ4n) is 1.81. The zero-order valence-electron chi connectivity index (χ0n) is 11.0. The van der Waals surface area contributed by atoms with E-state index in [0.29, 0.717) is 16.1 Å². The number of rotatable bonds is 4. The maximum Gasteiger partial charge on any atom is 0.251 e. The molecule has 0 radical (unpaired) electrons. The van der Waals surface area contributed by atoms with Gasteiger partial charge >= 0.3 is 0 Å². The summed E-state index contributed by atoms with van der Waals surface area (Å²) in [7, 11) is 0. The van der Waals surface area contributed by atoms with Crippen molar-refractivity contribution in [2.45, 2.75) is 6.92 Å². The summed E-state index contributed by atoms with van der Waals surface area (Å²) in [4.78, 5) is 23.8. The van der Waals surface area contributed by atoms with E-state index in [1.807, 2.05) is 19.1 Å². The Morgan fingerprint density at radius 2 is 1.75 bits per heavy atom. The van der Waals surface area contributed by atoms with Gasteiger partial charge in [-0.2, -0.15) is 0 Å². The van der Waals surface area contributed by atoms with Gasteiger partial charge in [-0.3, -0.25) is 9.59 Å². The van der Waals surface area contributed by atoms with Crippen LogP contribution in [0.25, 0.3) is 0 Å². The topological polar surface area (TPSA) is 46.2 Å². The molecule has 0 atom stereocenters. The van der Waals surface area contributed by atoms with Crippen LogP contribution in [0.5, 0.6) is 0 Å². The van der Waals surface area contributed by atoms with E-state index in [-0.39, 0.29) is 18.2 Å². The molecule has 0 heterocycles. The van der Waals surface area contributed by atoms with Gasteiger partial charge in [0.15, 0.2) is 5.78 Å². The Labute approximate surface area is 122 Å². The molecule has 0 fully saturated rings. The number of hydrogen-bond acceptors (Lipinski definition) is 2. The Balaban J connectivity index is 1.98. The first-order valence-electron chi connectivity index (χ1n) is 6.20. The third-order valence-corrected chi connectivity index (χ3v) is 3.07. The zero-order chi connectivity index (χ0) is 14.5. The largest absolute Gasteiger partial charge is 0.345 e. The number of aryl methyl sites for hydroxylation is 1. The molecule has 0 aliphatic carbocycles. The summed E-state index contributed by atoms with van der Waals surface area (Å²) < 4.78 is 0. The smallest absolute Gasteiger partial charge is 0.251 e. The highest BCUT2D eigenvalue weighted by Gasteiger charge is 2.10. The minimum Gasteiger partial charge on any atom is -0.345 e. The Bertz CT molecular complexity index is 595. The molecule has 0 aliphatic heterocycles. The fraction of sp³-hybridized carbons (Fsp3) is 0.125. The summed E-state index contributed by atoms with van der Waals surface area (Å²) in [6.07, 6.45) is 0. The van der Waals surface area contributed by atoms with Gasteiger partial charge in [-0.25, -0.2) is 0 Å². The average Bonchev–Trinajstić information content (AvgIpc) is 2.44. The van der Waals surface area contributed by atoms with Crippen molar-refractivity contribution in [3.05, 3.63) is 70.2 Å². The second kappa shape index (κ2) is 6.35. The quantitative estimate of drug-likeness (QED) is 0.877. The highest BCUT2D eigenvalue weighted by molar-refractivity contribution is 6.31. The molecule has 2 rings (SSSR count). The van der Waals surface area contributed by atoms with E-state index in [4.69, 9.17) is 11.6 Å². The van der Waals surface area contributed by atoms with Gasteiger partial charge in [0.2, 0.25) is 0 Å². The van der Waals surface area contributed by atoms with Gasteiger partial charge in [0.1, 0.15) is 0 Å². The molecule has 0 saturated heterocycles. The maximum absolute atomic E-state index is 11.9. The van der Waals surface area contributed by atoms with Crippen LogP contribution >= 0.6 is 11.6 Å². The molecule has 2 aromatic rings. The molecule has 20 heavy (non-hydrogen) atoms. The molecular formula is C16H14ClNO2. The summed E-state index contributed by atoms with van der Waals surface area (Å²) in [5, 5.41) is 3.11.